The predicted molar refractivity (Wildman–Crippen MR) is 93.9 cm³/mol. The van der Waals surface area contributed by atoms with Gasteiger partial charge >= 0.3 is 5.69 Å². The maximum Gasteiger partial charge on any atom is 0.351 e. The first-order chi connectivity index (χ1) is 13.0. The molecular formula is C17H20N4O6. The summed E-state index contributed by atoms with van der Waals surface area (Å²) < 4.78 is 6.32. The third-order valence-electron chi connectivity index (χ3n) is 4.18. The number of ether oxygens (including phenoxy) is 1. The van der Waals surface area contributed by atoms with Crippen LogP contribution in [0.1, 0.15) is 16.6 Å². The second-order valence-corrected chi connectivity index (χ2v) is 5.96. The number of hydrogen-bond donors (Lipinski definition) is 5. The molecule has 1 aromatic heterocycles. The van der Waals surface area contributed by atoms with Crippen molar-refractivity contribution in [3.8, 4) is 0 Å². The van der Waals surface area contributed by atoms with Crippen LogP contribution in [0.15, 0.2) is 47.4 Å². The molecule has 10 nitrogen and oxygen atoms in total. The van der Waals surface area contributed by atoms with E-state index in [0.29, 0.717) is 5.56 Å². The highest BCUT2D eigenvalue weighted by molar-refractivity contribution is 5.94. The molecule has 2 aromatic rings. The van der Waals surface area contributed by atoms with Crippen LogP contribution in [0.25, 0.3) is 0 Å². The van der Waals surface area contributed by atoms with E-state index in [1.54, 1.807) is 30.3 Å². The zero-order valence-corrected chi connectivity index (χ0v) is 14.2. The van der Waals surface area contributed by atoms with E-state index in [1.807, 2.05) is 0 Å². The van der Waals surface area contributed by atoms with Crippen LogP contribution in [0.3, 0.4) is 0 Å². The first-order valence-corrected chi connectivity index (χ1v) is 8.30. The Balaban J connectivity index is 1.60. The number of aliphatic hydroxyl groups is 3. The molecule has 1 aliphatic heterocycles. The molecule has 0 radical (unpaired) electrons. The summed E-state index contributed by atoms with van der Waals surface area (Å²) in [6, 6.07) is 10.1. The van der Waals surface area contributed by atoms with E-state index < -0.39 is 36.8 Å². The van der Waals surface area contributed by atoms with Crippen molar-refractivity contribution in [2.75, 3.05) is 18.6 Å². The normalized spacial score (nSPS) is 24.6. The maximum absolute atomic E-state index is 12.2. The van der Waals surface area contributed by atoms with Crippen molar-refractivity contribution in [3.63, 3.8) is 0 Å². The molecule has 1 fully saturated rings. The number of aromatic nitrogens is 2. The van der Waals surface area contributed by atoms with Crippen molar-refractivity contribution >= 4 is 11.7 Å². The van der Waals surface area contributed by atoms with Crippen molar-refractivity contribution in [1.82, 2.24) is 14.9 Å². The fourth-order valence-electron chi connectivity index (χ4n) is 2.72. The van der Waals surface area contributed by atoms with Crippen LogP contribution in [0.4, 0.5) is 5.82 Å². The molecule has 5 N–H and O–H groups in total. The summed E-state index contributed by atoms with van der Waals surface area (Å²) in [6.45, 7) is -0.435. The first-order valence-electron chi connectivity index (χ1n) is 8.30. The molecule has 4 atom stereocenters. The Morgan fingerprint density at radius 2 is 1.93 bits per heavy atom. The third-order valence-corrected chi connectivity index (χ3v) is 4.18. The van der Waals surface area contributed by atoms with E-state index >= 15 is 0 Å². The molecule has 3 rings (SSSR count). The van der Waals surface area contributed by atoms with Crippen molar-refractivity contribution in [3.05, 3.63) is 58.6 Å². The van der Waals surface area contributed by atoms with Crippen LogP contribution in [0.2, 0.25) is 0 Å². The second kappa shape index (κ2) is 8.27. The van der Waals surface area contributed by atoms with Gasteiger partial charge in [-0.05, 0) is 18.2 Å². The molecule has 144 valence electrons. The zero-order chi connectivity index (χ0) is 19.4. The highest BCUT2D eigenvalue weighted by Gasteiger charge is 2.43. The average Bonchev–Trinajstić information content (AvgIpc) is 2.97. The molecule has 10 heteroatoms. The number of aliphatic hydroxyl groups excluding tert-OH is 3. The molecule has 1 amide bonds. The van der Waals surface area contributed by atoms with Gasteiger partial charge in [0.1, 0.15) is 24.1 Å². The van der Waals surface area contributed by atoms with E-state index in [4.69, 9.17) is 9.84 Å². The predicted octanol–water partition coefficient (Wildman–Crippen LogP) is -1.35. The Morgan fingerprint density at radius 1 is 1.19 bits per heavy atom. The number of rotatable bonds is 6. The van der Waals surface area contributed by atoms with Gasteiger partial charge in [0, 0.05) is 11.8 Å². The summed E-state index contributed by atoms with van der Waals surface area (Å²) in [5.74, 6) is -0.0562. The zero-order valence-electron chi connectivity index (χ0n) is 14.2. The summed E-state index contributed by atoms with van der Waals surface area (Å²) in [5.41, 5.74) is -0.212. The van der Waals surface area contributed by atoms with Gasteiger partial charge in [-0.15, -0.1) is 0 Å². The molecule has 27 heavy (non-hydrogen) atoms. The summed E-state index contributed by atoms with van der Waals surface area (Å²) >= 11 is 0. The first kappa shape index (κ1) is 19.0. The Kier molecular flexibility index (Phi) is 5.81. The van der Waals surface area contributed by atoms with Gasteiger partial charge in [-0.25, -0.2) is 4.79 Å². The molecule has 0 saturated carbocycles. The molecule has 1 aliphatic rings. The summed E-state index contributed by atoms with van der Waals surface area (Å²) in [6.07, 6.45) is -3.47. The van der Waals surface area contributed by atoms with E-state index in [9.17, 15) is 19.8 Å². The average molecular weight is 376 g/mol. The topological polar surface area (TPSA) is 146 Å². The van der Waals surface area contributed by atoms with Crippen molar-refractivity contribution in [2.24, 2.45) is 0 Å². The maximum atomic E-state index is 12.2. The fourth-order valence-corrected chi connectivity index (χ4v) is 2.72. The van der Waals surface area contributed by atoms with Gasteiger partial charge in [0.15, 0.2) is 6.23 Å². The molecule has 0 aliphatic carbocycles. The number of nitrogens with one attached hydrogen (secondary N) is 2. The Bertz CT molecular complexity index is 843. The Morgan fingerprint density at radius 3 is 2.56 bits per heavy atom. The summed E-state index contributed by atoms with van der Waals surface area (Å²) in [4.78, 5) is 27.9. The third kappa shape index (κ3) is 4.14. The summed E-state index contributed by atoms with van der Waals surface area (Å²) in [5, 5.41) is 34.3. The minimum atomic E-state index is -1.37. The number of anilines is 1. The largest absolute Gasteiger partial charge is 0.394 e. The molecule has 0 bridgehead atoms. The summed E-state index contributed by atoms with van der Waals surface area (Å²) in [7, 11) is 0. The lowest BCUT2D eigenvalue weighted by Gasteiger charge is -2.17. The number of nitrogens with zero attached hydrogens (tertiary/aromatic N) is 2. The van der Waals surface area contributed by atoms with Crippen molar-refractivity contribution < 1.29 is 24.9 Å². The number of carbonyl (C=O) groups is 1. The molecule has 1 aromatic carbocycles. The molecule has 0 unspecified atom stereocenters. The van der Waals surface area contributed by atoms with Crippen LogP contribution in [-0.4, -0.2) is 62.4 Å². The standard InChI is InChI=1S/C17H20N4O6/c22-8-11-13(23)14(24)16(27-11)21-7-6-12(20-17(21)26)18-9-19-15(25)10-4-2-1-3-5-10/h1-7,11,13-14,16,22-24H,8-9H2,(H,19,25)(H,18,20,26)/t11-,13-,14+,16-/m1/s1. The van der Waals surface area contributed by atoms with Gasteiger partial charge in [-0.3, -0.25) is 9.36 Å². The Labute approximate surface area is 154 Å². The number of amides is 1. The highest BCUT2D eigenvalue weighted by Crippen LogP contribution is 2.28. The number of carbonyl (C=O) groups excluding carboxylic acids is 1. The minimum absolute atomic E-state index is 0.0536. The minimum Gasteiger partial charge on any atom is -0.394 e. The van der Waals surface area contributed by atoms with Crippen LogP contribution >= 0.6 is 0 Å². The van der Waals surface area contributed by atoms with E-state index in [1.165, 1.54) is 12.3 Å². The second-order valence-electron chi connectivity index (χ2n) is 5.96. The van der Waals surface area contributed by atoms with Crippen molar-refractivity contribution in [2.45, 2.75) is 24.5 Å². The van der Waals surface area contributed by atoms with Gasteiger partial charge < -0.3 is 30.7 Å². The lowest BCUT2D eigenvalue weighted by molar-refractivity contribution is -0.0549. The molecule has 1 saturated heterocycles. The molecular weight excluding hydrogens is 356 g/mol. The molecule has 0 spiro atoms. The van der Waals surface area contributed by atoms with Gasteiger partial charge in [0.05, 0.1) is 13.3 Å². The van der Waals surface area contributed by atoms with E-state index in [0.717, 1.165) is 4.57 Å². The fraction of sp³-hybridized carbons (Fsp3) is 0.353. The smallest absolute Gasteiger partial charge is 0.351 e. The van der Waals surface area contributed by atoms with E-state index in [-0.39, 0.29) is 18.4 Å². The van der Waals surface area contributed by atoms with Gasteiger partial charge in [0.25, 0.3) is 5.91 Å². The van der Waals surface area contributed by atoms with Gasteiger partial charge in [0.2, 0.25) is 0 Å². The monoisotopic (exact) mass is 376 g/mol. The highest BCUT2D eigenvalue weighted by atomic mass is 16.6. The SMILES string of the molecule is O=C(NCNc1ccn([C@@H]2O[C@H](CO)[C@@H](O)[C@@H]2O)c(=O)n1)c1ccccc1. The van der Waals surface area contributed by atoms with Gasteiger partial charge in [-0.2, -0.15) is 4.98 Å². The lowest BCUT2D eigenvalue weighted by Crippen LogP contribution is -2.36. The quantitative estimate of drug-likeness (QED) is 0.389. The van der Waals surface area contributed by atoms with Crippen LogP contribution in [0.5, 0.6) is 0 Å². The van der Waals surface area contributed by atoms with Crippen LogP contribution in [0, 0.1) is 0 Å². The molecule has 2 heterocycles. The number of benzene rings is 1. The Hall–Kier alpha value is -2.79. The van der Waals surface area contributed by atoms with Crippen LogP contribution < -0.4 is 16.3 Å². The van der Waals surface area contributed by atoms with Gasteiger partial charge in [-0.1, -0.05) is 18.2 Å². The number of hydrogen-bond acceptors (Lipinski definition) is 8. The van der Waals surface area contributed by atoms with Crippen molar-refractivity contribution in [1.29, 1.82) is 0 Å². The van der Waals surface area contributed by atoms with Crippen LogP contribution in [-0.2, 0) is 4.74 Å². The van der Waals surface area contributed by atoms with E-state index in [2.05, 4.69) is 15.6 Å². The lowest BCUT2D eigenvalue weighted by atomic mass is 10.1.